The minimum atomic E-state index is 0.0119. The molecular formula is C14H16N4O. The van der Waals surface area contributed by atoms with Crippen molar-refractivity contribution in [1.29, 1.82) is 0 Å². The van der Waals surface area contributed by atoms with E-state index >= 15 is 0 Å². The molecule has 0 unspecified atom stereocenters. The molecule has 1 aliphatic heterocycles. The Labute approximate surface area is 111 Å². The van der Waals surface area contributed by atoms with E-state index in [1.807, 2.05) is 36.1 Å². The van der Waals surface area contributed by atoms with Gasteiger partial charge < -0.3 is 10.6 Å². The minimum Gasteiger partial charge on any atom is -0.399 e. The summed E-state index contributed by atoms with van der Waals surface area (Å²) in [7, 11) is 1.79. The average molecular weight is 256 g/mol. The zero-order valence-corrected chi connectivity index (χ0v) is 11.1. The maximum absolute atomic E-state index is 12.5. The molecule has 2 N–H and O–H groups in total. The van der Waals surface area contributed by atoms with Gasteiger partial charge in [0.25, 0.3) is 5.91 Å². The number of nitrogen functional groups attached to an aromatic ring is 1. The number of nitrogens with two attached hydrogens (primary N) is 1. The van der Waals surface area contributed by atoms with Crippen LogP contribution in [0.4, 0.5) is 5.69 Å². The lowest BCUT2D eigenvalue weighted by molar-refractivity contribution is 0.0740. The van der Waals surface area contributed by atoms with Gasteiger partial charge in [0.15, 0.2) is 0 Å². The molecule has 1 aliphatic rings. The van der Waals surface area contributed by atoms with Crippen LogP contribution in [0.5, 0.6) is 0 Å². The molecular weight excluding hydrogens is 240 g/mol. The van der Waals surface area contributed by atoms with Gasteiger partial charge in [0.2, 0.25) is 0 Å². The van der Waals surface area contributed by atoms with Gasteiger partial charge in [0.1, 0.15) is 5.69 Å². The predicted molar refractivity (Wildman–Crippen MR) is 72.4 cm³/mol. The third-order valence-electron chi connectivity index (χ3n) is 3.46. The van der Waals surface area contributed by atoms with Crippen molar-refractivity contribution < 1.29 is 4.79 Å². The second kappa shape index (κ2) is 4.12. The van der Waals surface area contributed by atoms with Crippen LogP contribution < -0.4 is 5.73 Å². The molecule has 0 fully saturated rings. The predicted octanol–water partition coefficient (Wildman–Crippen LogP) is 1.47. The van der Waals surface area contributed by atoms with Crippen molar-refractivity contribution in [3.05, 3.63) is 46.8 Å². The van der Waals surface area contributed by atoms with E-state index in [0.717, 1.165) is 16.9 Å². The van der Waals surface area contributed by atoms with E-state index in [1.165, 1.54) is 5.56 Å². The molecule has 1 aromatic heterocycles. The number of nitrogens with zero attached hydrogens (tertiary/aromatic N) is 3. The Hall–Kier alpha value is -2.30. The van der Waals surface area contributed by atoms with Gasteiger partial charge in [-0.25, -0.2) is 0 Å². The van der Waals surface area contributed by atoms with E-state index in [4.69, 9.17) is 5.73 Å². The third kappa shape index (κ3) is 1.97. The Balaban J connectivity index is 1.87. The molecule has 2 heterocycles. The van der Waals surface area contributed by atoms with Crippen molar-refractivity contribution in [2.45, 2.75) is 20.0 Å². The van der Waals surface area contributed by atoms with Crippen molar-refractivity contribution in [2.24, 2.45) is 7.05 Å². The van der Waals surface area contributed by atoms with Gasteiger partial charge in [0.05, 0.1) is 5.69 Å². The van der Waals surface area contributed by atoms with Crippen LogP contribution in [0.2, 0.25) is 0 Å². The van der Waals surface area contributed by atoms with Crippen molar-refractivity contribution in [3.63, 3.8) is 0 Å². The van der Waals surface area contributed by atoms with Crippen LogP contribution in [0.25, 0.3) is 0 Å². The Morgan fingerprint density at radius 2 is 2.00 bits per heavy atom. The summed E-state index contributed by atoms with van der Waals surface area (Å²) in [4.78, 5) is 14.3. The smallest absolute Gasteiger partial charge is 0.272 e. The highest BCUT2D eigenvalue weighted by atomic mass is 16.2. The van der Waals surface area contributed by atoms with Crippen LogP contribution in [0.15, 0.2) is 24.3 Å². The van der Waals surface area contributed by atoms with E-state index in [-0.39, 0.29) is 5.91 Å². The maximum Gasteiger partial charge on any atom is 0.272 e. The lowest BCUT2D eigenvalue weighted by atomic mass is 10.1. The fourth-order valence-electron chi connectivity index (χ4n) is 2.53. The van der Waals surface area contributed by atoms with Gasteiger partial charge in [-0.05, 0) is 36.2 Å². The molecule has 0 aliphatic carbocycles. The van der Waals surface area contributed by atoms with Gasteiger partial charge in [-0.1, -0.05) is 6.07 Å². The highest BCUT2D eigenvalue weighted by Crippen LogP contribution is 2.26. The molecule has 5 nitrogen and oxygen atoms in total. The van der Waals surface area contributed by atoms with E-state index in [9.17, 15) is 4.79 Å². The zero-order chi connectivity index (χ0) is 13.6. The normalized spacial score (nSPS) is 13.7. The first-order valence-corrected chi connectivity index (χ1v) is 6.22. The molecule has 0 radical (unpaired) electrons. The maximum atomic E-state index is 12.5. The van der Waals surface area contributed by atoms with Gasteiger partial charge in [-0.3, -0.25) is 9.48 Å². The second-order valence-electron chi connectivity index (χ2n) is 4.98. The first-order valence-electron chi connectivity index (χ1n) is 6.22. The molecule has 98 valence electrons. The van der Waals surface area contributed by atoms with Crippen LogP contribution in [0, 0.1) is 6.92 Å². The molecule has 2 aromatic rings. The van der Waals surface area contributed by atoms with Crippen LogP contribution in [-0.4, -0.2) is 20.6 Å². The van der Waals surface area contributed by atoms with Crippen LogP contribution >= 0.6 is 0 Å². The van der Waals surface area contributed by atoms with Gasteiger partial charge in [-0.15, -0.1) is 0 Å². The number of hydrogen-bond acceptors (Lipinski definition) is 3. The van der Waals surface area contributed by atoms with E-state index in [0.29, 0.717) is 18.8 Å². The Kier molecular flexibility index (Phi) is 2.55. The second-order valence-corrected chi connectivity index (χ2v) is 4.98. The molecule has 0 saturated carbocycles. The first-order chi connectivity index (χ1) is 9.04. The Morgan fingerprint density at radius 3 is 2.68 bits per heavy atom. The number of carbonyl (C=O) groups is 1. The fraction of sp³-hybridized carbons (Fsp3) is 0.286. The summed E-state index contributed by atoms with van der Waals surface area (Å²) in [5.41, 5.74) is 10.3. The summed E-state index contributed by atoms with van der Waals surface area (Å²) in [6, 6.07) is 7.63. The van der Waals surface area contributed by atoms with E-state index in [1.54, 1.807) is 11.7 Å². The van der Waals surface area contributed by atoms with Gasteiger partial charge in [-0.2, -0.15) is 5.10 Å². The van der Waals surface area contributed by atoms with E-state index < -0.39 is 0 Å². The summed E-state index contributed by atoms with van der Waals surface area (Å²) in [6.45, 7) is 3.14. The number of anilines is 1. The van der Waals surface area contributed by atoms with Gasteiger partial charge >= 0.3 is 0 Å². The molecule has 19 heavy (non-hydrogen) atoms. The molecule has 0 bridgehead atoms. The zero-order valence-electron chi connectivity index (χ0n) is 11.1. The van der Waals surface area contributed by atoms with Crippen molar-refractivity contribution in [2.75, 3.05) is 5.73 Å². The SMILES string of the molecule is Cc1cc(C(=O)N2Cc3ccc(N)cc3C2)n(C)n1. The van der Waals surface area contributed by atoms with Gasteiger partial charge in [0, 0.05) is 25.8 Å². The number of aryl methyl sites for hydroxylation is 2. The molecule has 3 rings (SSSR count). The third-order valence-corrected chi connectivity index (χ3v) is 3.46. The number of benzene rings is 1. The number of amides is 1. The number of fused-ring (bicyclic) bond motifs is 1. The Bertz CT molecular complexity index is 659. The lowest BCUT2D eigenvalue weighted by Gasteiger charge is -2.15. The van der Waals surface area contributed by atoms with Crippen molar-refractivity contribution >= 4 is 11.6 Å². The highest BCUT2D eigenvalue weighted by Gasteiger charge is 2.26. The number of rotatable bonds is 1. The molecule has 1 amide bonds. The Morgan fingerprint density at radius 1 is 1.26 bits per heavy atom. The first kappa shape index (κ1) is 11.8. The van der Waals surface area contributed by atoms with Crippen molar-refractivity contribution in [1.82, 2.24) is 14.7 Å². The summed E-state index contributed by atoms with van der Waals surface area (Å²) in [5, 5.41) is 4.22. The topological polar surface area (TPSA) is 64.2 Å². The molecule has 0 saturated heterocycles. The minimum absolute atomic E-state index is 0.0119. The number of carbonyl (C=O) groups excluding carboxylic acids is 1. The monoisotopic (exact) mass is 256 g/mol. The largest absolute Gasteiger partial charge is 0.399 e. The summed E-state index contributed by atoms with van der Waals surface area (Å²) < 4.78 is 1.63. The molecule has 0 atom stereocenters. The van der Waals surface area contributed by atoms with Crippen LogP contribution in [0.3, 0.4) is 0 Å². The number of hydrogen-bond donors (Lipinski definition) is 1. The van der Waals surface area contributed by atoms with Crippen LogP contribution in [0.1, 0.15) is 27.3 Å². The van der Waals surface area contributed by atoms with Crippen molar-refractivity contribution in [3.8, 4) is 0 Å². The fourth-order valence-corrected chi connectivity index (χ4v) is 2.53. The molecule has 1 aromatic carbocycles. The van der Waals surface area contributed by atoms with Crippen LogP contribution in [-0.2, 0) is 20.1 Å². The summed E-state index contributed by atoms with van der Waals surface area (Å²) in [5.74, 6) is 0.0119. The standard InChI is InChI=1S/C14H16N4O/c1-9-5-13(17(2)16-9)14(19)18-7-10-3-4-12(15)6-11(10)8-18/h3-6H,7-8,15H2,1-2H3. The molecule has 0 spiro atoms. The number of aromatic nitrogens is 2. The average Bonchev–Trinajstić information content (AvgIpc) is 2.91. The summed E-state index contributed by atoms with van der Waals surface area (Å²) in [6.07, 6.45) is 0. The highest BCUT2D eigenvalue weighted by molar-refractivity contribution is 5.93. The van der Waals surface area contributed by atoms with E-state index in [2.05, 4.69) is 5.10 Å². The summed E-state index contributed by atoms with van der Waals surface area (Å²) >= 11 is 0. The quantitative estimate of drug-likeness (QED) is 0.786. The lowest BCUT2D eigenvalue weighted by Crippen LogP contribution is -2.27. The molecule has 5 heteroatoms.